The number of hydrogen-bond acceptors (Lipinski definition) is 3. The van der Waals surface area contributed by atoms with E-state index >= 15 is 0 Å². The largest absolute Gasteiger partial charge is 0.384 e. The van der Waals surface area contributed by atoms with E-state index in [9.17, 15) is 4.79 Å². The van der Waals surface area contributed by atoms with Gasteiger partial charge < -0.3 is 14.7 Å². The summed E-state index contributed by atoms with van der Waals surface area (Å²) in [7, 11) is 1.81. The van der Waals surface area contributed by atoms with Crippen molar-refractivity contribution in [3.8, 4) is 11.8 Å². The number of aliphatic hydroxyl groups is 1. The molecule has 4 nitrogen and oxygen atoms in total. The number of carbonyl (C=O) groups is 1. The summed E-state index contributed by atoms with van der Waals surface area (Å²) in [6.45, 7) is 3.72. The van der Waals surface area contributed by atoms with E-state index in [1.54, 1.807) is 4.90 Å². The van der Waals surface area contributed by atoms with Gasteiger partial charge >= 0.3 is 0 Å². The van der Waals surface area contributed by atoms with E-state index in [4.69, 9.17) is 9.84 Å². The van der Waals surface area contributed by atoms with Crippen LogP contribution in [0.1, 0.15) is 30.9 Å². The molecule has 1 aromatic carbocycles. The molecule has 1 rings (SSSR count). The van der Waals surface area contributed by atoms with Crippen LogP contribution >= 0.6 is 0 Å². The van der Waals surface area contributed by atoms with Crippen LogP contribution in [-0.4, -0.2) is 42.8 Å². The Morgan fingerprint density at radius 3 is 2.67 bits per heavy atom. The molecule has 0 bridgehead atoms. The molecule has 1 aromatic rings. The van der Waals surface area contributed by atoms with Crippen LogP contribution in [0.5, 0.6) is 0 Å². The van der Waals surface area contributed by atoms with Crippen LogP contribution < -0.4 is 0 Å². The highest BCUT2D eigenvalue weighted by Crippen LogP contribution is 2.07. The number of nitrogens with zero attached hydrogens (tertiary/aromatic N) is 1. The lowest BCUT2D eigenvalue weighted by Gasteiger charge is -2.17. The summed E-state index contributed by atoms with van der Waals surface area (Å²) in [5.74, 6) is 5.57. The van der Waals surface area contributed by atoms with Crippen LogP contribution in [-0.2, 0) is 16.1 Å². The quantitative estimate of drug-likeness (QED) is 0.615. The monoisotopic (exact) mass is 289 g/mol. The standard InChI is InChI=1S/C17H23NO3/c1-3-21-13-5-7-17(20)18(2)14-16-10-8-15(9-11-16)6-4-12-19/h8-11,19H,3,5,7,12-14H2,1-2H3. The molecule has 0 spiro atoms. The summed E-state index contributed by atoms with van der Waals surface area (Å²) in [6, 6.07) is 7.69. The van der Waals surface area contributed by atoms with Crippen molar-refractivity contribution in [3.63, 3.8) is 0 Å². The summed E-state index contributed by atoms with van der Waals surface area (Å²) in [5, 5.41) is 8.64. The molecular weight excluding hydrogens is 266 g/mol. The van der Waals surface area contributed by atoms with Gasteiger partial charge in [-0.1, -0.05) is 24.0 Å². The fraction of sp³-hybridized carbons (Fsp3) is 0.471. The van der Waals surface area contributed by atoms with Gasteiger partial charge in [0, 0.05) is 38.8 Å². The van der Waals surface area contributed by atoms with Gasteiger partial charge in [-0.05, 0) is 31.0 Å². The Labute approximate surface area is 126 Å². The number of carbonyl (C=O) groups excluding carboxylic acids is 1. The number of rotatable bonds is 7. The SMILES string of the molecule is CCOCCCC(=O)N(C)Cc1ccc(C#CCO)cc1. The number of aliphatic hydroxyl groups excluding tert-OH is 1. The molecule has 0 unspecified atom stereocenters. The van der Waals surface area contributed by atoms with Crippen molar-refractivity contribution in [1.29, 1.82) is 0 Å². The van der Waals surface area contributed by atoms with Gasteiger partial charge in [-0.25, -0.2) is 0 Å². The first-order valence-electron chi connectivity index (χ1n) is 7.17. The van der Waals surface area contributed by atoms with Crippen LogP contribution in [0.4, 0.5) is 0 Å². The molecule has 1 amide bonds. The average Bonchev–Trinajstić information content (AvgIpc) is 2.50. The van der Waals surface area contributed by atoms with Gasteiger partial charge in [-0.3, -0.25) is 4.79 Å². The molecule has 0 aliphatic carbocycles. The molecule has 114 valence electrons. The highest BCUT2D eigenvalue weighted by molar-refractivity contribution is 5.75. The van der Waals surface area contributed by atoms with Crippen molar-refractivity contribution in [2.24, 2.45) is 0 Å². The van der Waals surface area contributed by atoms with Crippen molar-refractivity contribution in [2.45, 2.75) is 26.3 Å². The summed E-state index contributed by atoms with van der Waals surface area (Å²) in [5.41, 5.74) is 1.92. The van der Waals surface area contributed by atoms with Gasteiger partial charge in [0.25, 0.3) is 0 Å². The molecule has 0 heterocycles. The maximum Gasteiger partial charge on any atom is 0.222 e. The van der Waals surface area contributed by atoms with E-state index in [1.807, 2.05) is 38.2 Å². The molecule has 0 fully saturated rings. The van der Waals surface area contributed by atoms with E-state index in [2.05, 4.69) is 11.8 Å². The van der Waals surface area contributed by atoms with Gasteiger partial charge in [0.05, 0.1) is 0 Å². The third kappa shape index (κ3) is 6.94. The normalized spacial score (nSPS) is 9.86. The van der Waals surface area contributed by atoms with E-state index in [0.717, 1.165) is 17.5 Å². The lowest BCUT2D eigenvalue weighted by molar-refractivity contribution is -0.130. The van der Waals surface area contributed by atoms with E-state index in [-0.39, 0.29) is 12.5 Å². The third-order valence-electron chi connectivity index (χ3n) is 2.99. The van der Waals surface area contributed by atoms with Crippen LogP contribution in [0.2, 0.25) is 0 Å². The topological polar surface area (TPSA) is 49.8 Å². The number of ether oxygens (including phenoxy) is 1. The number of amides is 1. The van der Waals surface area contributed by atoms with Crippen LogP contribution in [0.25, 0.3) is 0 Å². The third-order valence-corrected chi connectivity index (χ3v) is 2.99. The molecule has 0 aliphatic rings. The fourth-order valence-corrected chi connectivity index (χ4v) is 1.86. The maximum absolute atomic E-state index is 11.9. The minimum Gasteiger partial charge on any atom is -0.384 e. The molecule has 21 heavy (non-hydrogen) atoms. The summed E-state index contributed by atoms with van der Waals surface area (Å²) in [4.78, 5) is 13.7. The summed E-state index contributed by atoms with van der Waals surface area (Å²) < 4.78 is 5.23. The minimum absolute atomic E-state index is 0.124. The Morgan fingerprint density at radius 2 is 2.05 bits per heavy atom. The second-order valence-electron chi connectivity index (χ2n) is 4.71. The van der Waals surface area contributed by atoms with Crippen molar-refractivity contribution < 1.29 is 14.6 Å². The molecule has 0 saturated carbocycles. The van der Waals surface area contributed by atoms with E-state index < -0.39 is 0 Å². The predicted molar refractivity (Wildman–Crippen MR) is 82.6 cm³/mol. The zero-order chi connectivity index (χ0) is 15.5. The maximum atomic E-state index is 11.9. The summed E-state index contributed by atoms with van der Waals surface area (Å²) in [6.07, 6.45) is 1.27. The number of hydrogen-bond donors (Lipinski definition) is 1. The first-order chi connectivity index (χ1) is 10.2. The van der Waals surface area contributed by atoms with Crippen molar-refractivity contribution >= 4 is 5.91 Å². The Balaban J connectivity index is 2.43. The van der Waals surface area contributed by atoms with Gasteiger partial charge in [0.2, 0.25) is 5.91 Å². The van der Waals surface area contributed by atoms with E-state index in [1.165, 1.54) is 0 Å². The smallest absolute Gasteiger partial charge is 0.222 e. The van der Waals surface area contributed by atoms with E-state index in [0.29, 0.717) is 26.2 Å². The fourth-order valence-electron chi connectivity index (χ4n) is 1.86. The lowest BCUT2D eigenvalue weighted by Crippen LogP contribution is -2.26. The second kappa shape index (κ2) is 9.98. The van der Waals surface area contributed by atoms with Gasteiger partial charge in [-0.2, -0.15) is 0 Å². The van der Waals surface area contributed by atoms with Gasteiger partial charge in [0.15, 0.2) is 0 Å². The zero-order valence-corrected chi connectivity index (χ0v) is 12.8. The van der Waals surface area contributed by atoms with Gasteiger partial charge in [-0.15, -0.1) is 0 Å². The Bertz CT molecular complexity index is 485. The first kappa shape index (κ1) is 17.2. The van der Waals surface area contributed by atoms with Crippen LogP contribution in [0.3, 0.4) is 0 Å². The average molecular weight is 289 g/mol. The Hall–Kier alpha value is -1.83. The molecule has 0 saturated heterocycles. The first-order valence-corrected chi connectivity index (χ1v) is 7.17. The minimum atomic E-state index is -0.138. The molecule has 0 aromatic heterocycles. The molecular formula is C17H23NO3. The van der Waals surface area contributed by atoms with Crippen molar-refractivity contribution in [3.05, 3.63) is 35.4 Å². The van der Waals surface area contributed by atoms with Crippen LogP contribution in [0.15, 0.2) is 24.3 Å². The zero-order valence-electron chi connectivity index (χ0n) is 12.8. The highest BCUT2D eigenvalue weighted by atomic mass is 16.5. The number of benzene rings is 1. The molecule has 0 aliphatic heterocycles. The molecule has 0 radical (unpaired) electrons. The van der Waals surface area contributed by atoms with Crippen LogP contribution in [0, 0.1) is 11.8 Å². The van der Waals surface area contributed by atoms with Crippen molar-refractivity contribution in [2.75, 3.05) is 26.9 Å². The molecule has 0 atom stereocenters. The molecule has 4 heteroatoms. The molecule has 1 N–H and O–H groups in total. The van der Waals surface area contributed by atoms with Crippen molar-refractivity contribution in [1.82, 2.24) is 4.90 Å². The second-order valence-corrected chi connectivity index (χ2v) is 4.71. The Kier molecular flexibility index (Phi) is 8.18. The predicted octanol–water partition coefficient (Wildman–Crippen LogP) is 1.81. The Morgan fingerprint density at radius 1 is 1.33 bits per heavy atom. The summed E-state index contributed by atoms with van der Waals surface area (Å²) >= 11 is 0. The highest BCUT2D eigenvalue weighted by Gasteiger charge is 2.08. The lowest BCUT2D eigenvalue weighted by atomic mass is 10.1. The van der Waals surface area contributed by atoms with Gasteiger partial charge in [0.1, 0.15) is 6.61 Å².